The predicted octanol–water partition coefficient (Wildman–Crippen LogP) is 3.94. The van der Waals surface area contributed by atoms with Crippen molar-refractivity contribution in [2.75, 3.05) is 12.4 Å². The van der Waals surface area contributed by atoms with Gasteiger partial charge in [0, 0.05) is 16.5 Å². The standard InChI is InChI=1S/C12H16BrNO3S/c1-8(2)9(7-18)6-17-12-4-10(13)3-11(5-12)14(15)16/h3-5,8-9,18H,6-7H2,1-2H3. The van der Waals surface area contributed by atoms with Gasteiger partial charge in [-0.05, 0) is 17.7 Å². The van der Waals surface area contributed by atoms with Crippen LogP contribution in [0.3, 0.4) is 0 Å². The lowest BCUT2D eigenvalue weighted by Crippen LogP contribution is -2.19. The Balaban J connectivity index is 2.75. The van der Waals surface area contributed by atoms with E-state index in [4.69, 9.17) is 4.74 Å². The first-order valence-corrected chi connectivity index (χ1v) is 7.05. The number of halogens is 1. The Hall–Kier alpha value is -0.750. The zero-order valence-corrected chi connectivity index (χ0v) is 12.8. The van der Waals surface area contributed by atoms with E-state index in [2.05, 4.69) is 42.4 Å². The first-order valence-electron chi connectivity index (χ1n) is 5.62. The Morgan fingerprint density at radius 2 is 2.11 bits per heavy atom. The number of nitro benzene ring substituents is 1. The fourth-order valence-corrected chi connectivity index (χ4v) is 2.38. The molecule has 0 heterocycles. The average Bonchev–Trinajstić information content (AvgIpc) is 2.28. The van der Waals surface area contributed by atoms with Gasteiger partial charge in [0.2, 0.25) is 0 Å². The maximum Gasteiger partial charge on any atom is 0.274 e. The van der Waals surface area contributed by atoms with Crippen LogP contribution >= 0.6 is 28.6 Å². The van der Waals surface area contributed by atoms with Crippen molar-refractivity contribution in [3.8, 4) is 5.75 Å². The van der Waals surface area contributed by atoms with Gasteiger partial charge in [0.05, 0.1) is 17.6 Å². The average molecular weight is 334 g/mol. The summed E-state index contributed by atoms with van der Waals surface area (Å²) in [5, 5.41) is 10.7. The van der Waals surface area contributed by atoms with Crippen molar-refractivity contribution in [1.82, 2.24) is 0 Å². The molecule has 1 aromatic carbocycles. The minimum atomic E-state index is -0.434. The van der Waals surface area contributed by atoms with Gasteiger partial charge in [-0.25, -0.2) is 0 Å². The predicted molar refractivity (Wildman–Crippen MR) is 78.5 cm³/mol. The summed E-state index contributed by atoms with van der Waals surface area (Å²) in [6, 6.07) is 4.61. The smallest absolute Gasteiger partial charge is 0.274 e. The van der Waals surface area contributed by atoms with Crippen LogP contribution in [0.2, 0.25) is 0 Å². The first kappa shape index (κ1) is 15.3. The summed E-state index contributed by atoms with van der Waals surface area (Å²) in [7, 11) is 0. The Bertz CT molecular complexity index is 426. The van der Waals surface area contributed by atoms with Gasteiger partial charge in [-0.3, -0.25) is 10.1 Å². The lowest BCUT2D eigenvalue weighted by atomic mass is 9.99. The van der Waals surface area contributed by atoms with Crippen molar-refractivity contribution in [1.29, 1.82) is 0 Å². The van der Waals surface area contributed by atoms with E-state index in [0.717, 1.165) is 5.75 Å². The van der Waals surface area contributed by atoms with Crippen LogP contribution in [-0.2, 0) is 0 Å². The highest BCUT2D eigenvalue weighted by atomic mass is 79.9. The van der Waals surface area contributed by atoms with Crippen LogP contribution in [0, 0.1) is 22.0 Å². The second-order valence-corrected chi connectivity index (χ2v) is 5.68. The molecule has 1 atom stereocenters. The molecule has 0 saturated carbocycles. The molecule has 0 aliphatic heterocycles. The molecular formula is C12H16BrNO3S. The number of benzene rings is 1. The van der Waals surface area contributed by atoms with Crippen molar-refractivity contribution >= 4 is 34.2 Å². The molecule has 0 saturated heterocycles. The van der Waals surface area contributed by atoms with Crippen molar-refractivity contribution < 1.29 is 9.66 Å². The minimum Gasteiger partial charge on any atom is -0.493 e. The Kier molecular flexibility index (Phi) is 5.95. The zero-order valence-electron chi connectivity index (χ0n) is 10.3. The van der Waals surface area contributed by atoms with Crippen LogP contribution in [0.15, 0.2) is 22.7 Å². The lowest BCUT2D eigenvalue weighted by Gasteiger charge is -2.19. The minimum absolute atomic E-state index is 0.0198. The molecule has 18 heavy (non-hydrogen) atoms. The third kappa shape index (κ3) is 4.49. The summed E-state index contributed by atoms with van der Waals surface area (Å²) in [5.41, 5.74) is 0.0198. The van der Waals surface area contributed by atoms with Crippen LogP contribution in [0.5, 0.6) is 5.75 Å². The number of hydrogen-bond acceptors (Lipinski definition) is 4. The number of non-ortho nitro benzene ring substituents is 1. The first-order chi connectivity index (χ1) is 8.43. The molecule has 0 aromatic heterocycles. The topological polar surface area (TPSA) is 52.4 Å². The van der Waals surface area contributed by atoms with Crippen molar-refractivity contribution in [2.24, 2.45) is 11.8 Å². The molecule has 0 aliphatic carbocycles. The summed E-state index contributed by atoms with van der Waals surface area (Å²) < 4.78 is 6.25. The lowest BCUT2D eigenvalue weighted by molar-refractivity contribution is -0.385. The number of rotatable bonds is 6. The normalized spacial score (nSPS) is 12.5. The van der Waals surface area contributed by atoms with E-state index in [-0.39, 0.29) is 5.69 Å². The van der Waals surface area contributed by atoms with Gasteiger partial charge in [-0.1, -0.05) is 29.8 Å². The molecule has 0 N–H and O–H groups in total. The Morgan fingerprint density at radius 3 is 2.61 bits per heavy atom. The van der Waals surface area contributed by atoms with Crippen molar-refractivity contribution in [3.05, 3.63) is 32.8 Å². The number of ether oxygens (including phenoxy) is 1. The maximum absolute atomic E-state index is 10.7. The van der Waals surface area contributed by atoms with Gasteiger partial charge < -0.3 is 4.74 Å². The monoisotopic (exact) mass is 333 g/mol. The highest BCUT2D eigenvalue weighted by molar-refractivity contribution is 9.10. The molecule has 1 unspecified atom stereocenters. The number of hydrogen-bond donors (Lipinski definition) is 1. The highest BCUT2D eigenvalue weighted by Crippen LogP contribution is 2.27. The van der Waals surface area contributed by atoms with Gasteiger partial charge in [0.1, 0.15) is 5.75 Å². The highest BCUT2D eigenvalue weighted by Gasteiger charge is 2.14. The summed E-state index contributed by atoms with van der Waals surface area (Å²) in [5.74, 6) is 2.02. The van der Waals surface area contributed by atoms with Gasteiger partial charge in [0.15, 0.2) is 0 Å². The molecule has 0 fully saturated rings. The molecule has 1 rings (SSSR count). The third-order valence-corrected chi connectivity index (χ3v) is 3.64. The Morgan fingerprint density at radius 1 is 1.44 bits per heavy atom. The molecule has 4 nitrogen and oxygen atoms in total. The van der Waals surface area contributed by atoms with Crippen molar-refractivity contribution in [3.63, 3.8) is 0 Å². The second-order valence-electron chi connectivity index (χ2n) is 4.40. The SMILES string of the molecule is CC(C)C(CS)COc1cc(Br)cc([N+](=O)[O-])c1. The van der Waals surface area contributed by atoms with Crippen LogP contribution < -0.4 is 4.74 Å². The molecule has 0 radical (unpaired) electrons. The molecule has 0 bridgehead atoms. The van der Waals surface area contributed by atoms with E-state index < -0.39 is 4.92 Å². The summed E-state index contributed by atoms with van der Waals surface area (Å²) >= 11 is 7.51. The van der Waals surface area contributed by atoms with Gasteiger partial charge >= 0.3 is 0 Å². The zero-order chi connectivity index (χ0) is 13.7. The fraction of sp³-hybridized carbons (Fsp3) is 0.500. The summed E-state index contributed by atoms with van der Waals surface area (Å²) in [4.78, 5) is 10.3. The van der Waals surface area contributed by atoms with Crippen LogP contribution in [0.4, 0.5) is 5.69 Å². The second kappa shape index (κ2) is 6.99. The van der Waals surface area contributed by atoms with E-state index in [9.17, 15) is 10.1 Å². The van der Waals surface area contributed by atoms with Crippen molar-refractivity contribution in [2.45, 2.75) is 13.8 Å². The third-order valence-electron chi connectivity index (χ3n) is 2.71. The molecule has 6 heteroatoms. The quantitative estimate of drug-likeness (QED) is 0.487. The van der Waals surface area contributed by atoms with E-state index >= 15 is 0 Å². The van der Waals surface area contributed by atoms with Crippen LogP contribution in [0.1, 0.15) is 13.8 Å². The molecule has 100 valence electrons. The van der Waals surface area contributed by atoms with Gasteiger partial charge in [-0.2, -0.15) is 12.6 Å². The maximum atomic E-state index is 10.7. The molecular weight excluding hydrogens is 318 g/mol. The Labute approximate surface area is 120 Å². The van der Waals surface area contributed by atoms with E-state index in [1.54, 1.807) is 6.07 Å². The summed E-state index contributed by atoms with van der Waals surface area (Å²) in [6.07, 6.45) is 0. The number of nitro groups is 1. The van der Waals surface area contributed by atoms with Crippen LogP contribution in [-0.4, -0.2) is 17.3 Å². The largest absolute Gasteiger partial charge is 0.493 e. The van der Waals surface area contributed by atoms with Gasteiger partial charge in [-0.15, -0.1) is 0 Å². The molecule has 0 amide bonds. The number of thiol groups is 1. The van der Waals surface area contributed by atoms with E-state index in [1.165, 1.54) is 12.1 Å². The van der Waals surface area contributed by atoms with Gasteiger partial charge in [0.25, 0.3) is 5.69 Å². The molecule has 1 aromatic rings. The van der Waals surface area contributed by atoms with Crippen LogP contribution in [0.25, 0.3) is 0 Å². The number of nitrogens with zero attached hydrogens (tertiary/aromatic N) is 1. The fourth-order valence-electron chi connectivity index (χ4n) is 1.40. The molecule has 0 spiro atoms. The molecule has 0 aliphatic rings. The van der Waals surface area contributed by atoms with E-state index in [0.29, 0.717) is 28.7 Å². The van der Waals surface area contributed by atoms with E-state index in [1.807, 2.05) is 0 Å². The summed E-state index contributed by atoms with van der Waals surface area (Å²) in [6.45, 7) is 4.72.